The number of aromatic nitrogens is 2. The fourth-order valence-corrected chi connectivity index (χ4v) is 3.52. The normalized spacial score (nSPS) is 15.2. The van der Waals surface area contributed by atoms with Crippen molar-refractivity contribution < 1.29 is 0 Å². The Morgan fingerprint density at radius 1 is 1.19 bits per heavy atom. The summed E-state index contributed by atoms with van der Waals surface area (Å²) in [5.74, 6) is 2.03. The number of guanidine groups is 1. The van der Waals surface area contributed by atoms with Gasteiger partial charge in [0.2, 0.25) is 0 Å². The third-order valence-corrected chi connectivity index (χ3v) is 4.89. The predicted octanol–water partition coefficient (Wildman–Crippen LogP) is 3.98. The van der Waals surface area contributed by atoms with Crippen LogP contribution in [0.5, 0.6) is 0 Å². The Morgan fingerprint density at radius 3 is 2.70 bits per heavy atom. The van der Waals surface area contributed by atoms with Gasteiger partial charge in [-0.2, -0.15) is 0 Å². The maximum atomic E-state index is 4.77. The van der Waals surface area contributed by atoms with E-state index >= 15 is 0 Å². The molecule has 0 bridgehead atoms. The monoisotopic (exact) mass is 481 g/mol. The number of nitrogens with zero attached hydrogens (tertiary/aromatic N) is 3. The van der Waals surface area contributed by atoms with Gasteiger partial charge in [-0.25, -0.2) is 4.98 Å². The minimum Gasteiger partial charge on any atom is -0.357 e. The fraction of sp³-hybridized carbons (Fsp3) is 0.524. The van der Waals surface area contributed by atoms with Crippen molar-refractivity contribution in [3.63, 3.8) is 0 Å². The third-order valence-electron chi connectivity index (χ3n) is 4.89. The van der Waals surface area contributed by atoms with Crippen molar-refractivity contribution in [2.45, 2.75) is 58.0 Å². The average molecular weight is 481 g/mol. The van der Waals surface area contributed by atoms with Crippen molar-refractivity contribution in [2.24, 2.45) is 4.99 Å². The minimum atomic E-state index is 0. The van der Waals surface area contributed by atoms with Crippen LogP contribution in [0.1, 0.15) is 50.4 Å². The molecule has 0 unspecified atom stereocenters. The van der Waals surface area contributed by atoms with E-state index in [9.17, 15) is 0 Å². The summed E-state index contributed by atoms with van der Waals surface area (Å²) in [7, 11) is 0. The van der Waals surface area contributed by atoms with Gasteiger partial charge >= 0.3 is 0 Å². The highest BCUT2D eigenvalue weighted by Gasteiger charge is 2.14. The summed E-state index contributed by atoms with van der Waals surface area (Å²) in [4.78, 5) is 9.30. The van der Waals surface area contributed by atoms with Gasteiger partial charge < -0.3 is 15.2 Å². The van der Waals surface area contributed by atoms with E-state index in [4.69, 9.17) is 4.99 Å². The van der Waals surface area contributed by atoms with Crippen molar-refractivity contribution in [1.82, 2.24) is 20.2 Å². The number of imidazole rings is 1. The van der Waals surface area contributed by atoms with Gasteiger partial charge in [0.25, 0.3) is 0 Å². The molecule has 148 valence electrons. The number of rotatable bonds is 7. The van der Waals surface area contributed by atoms with Gasteiger partial charge in [0.1, 0.15) is 5.82 Å². The van der Waals surface area contributed by atoms with Crippen LogP contribution in [0.25, 0.3) is 0 Å². The molecule has 1 aromatic heterocycles. The number of halogens is 1. The van der Waals surface area contributed by atoms with Crippen LogP contribution in [0.4, 0.5) is 0 Å². The van der Waals surface area contributed by atoms with E-state index in [2.05, 4.69) is 63.6 Å². The van der Waals surface area contributed by atoms with Gasteiger partial charge in [0.15, 0.2) is 5.96 Å². The van der Waals surface area contributed by atoms with Crippen LogP contribution in [0.15, 0.2) is 47.7 Å². The molecule has 0 aliphatic heterocycles. The zero-order chi connectivity index (χ0) is 18.0. The Bertz CT molecular complexity index is 677. The molecular weight excluding hydrogens is 449 g/mol. The lowest BCUT2D eigenvalue weighted by Crippen LogP contribution is -2.44. The SMILES string of the molecule is CCNC(=NCCc1nccn1Cc1ccccc1)NC1CCCCC1.I. The number of benzene rings is 1. The molecule has 6 heteroatoms. The molecule has 0 spiro atoms. The van der Waals surface area contributed by atoms with Gasteiger partial charge in [-0.05, 0) is 25.3 Å². The predicted molar refractivity (Wildman–Crippen MR) is 123 cm³/mol. The second-order valence-electron chi connectivity index (χ2n) is 6.95. The van der Waals surface area contributed by atoms with E-state index in [0.29, 0.717) is 6.04 Å². The Hall–Kier alpha value is -1.57. The molecule has 1 saturated carbocycles. The second kappa shape index (κ2) is 12.0. The van der Waals surface area contributed by atoms with E-state index in [0.717, 1.165) is 37.8 Å². The molecule has 1 aliphatic carbocycles. The topological polar surface area (TPSA) is 54.2 Å². The Kier molecular flexibility index (Phi) is 9.66. The van der Waals surface area contributed by atoms with Gasteiger partial charge in [0, 0.05) is 44.5 Å². The van der Waals surface area contributed by atoms with E-state index in [-0.39, 0.29) is 24.0 Å². The van der Waals surface area contributed by atoms with Crippen molar-refractivity contribution in [3.05, 3.63) is 54.1 Å². The number of aliphatic imine (C=N–C) groups is 1. The molecular formula is C21H32IN5. The summed E-state index contributed by atoms with van der Waals surface area (Å²) in [6.45, 7) is 4.61. The van der Waals surface area contributed by atoms with Crippen molar-refractivity contribution in [2.75, 3.05) is 13.1 Å². The highest BCUT2D eigenvalue weighted by Crippen LogP contribution is 2.17. The smallest absolute Gasteiger partial charge is 0.191 e. The maximum absolute atomic E-state index is 4.77. The first-order valence-electron chi connectivity index (χ1n) is 9.94. The Balaban J connectivity index is 0.00000261. The van der Waals surface area contributed by atoms with Crippen molar-refractivity contribution in [1.29, 1.82) is 0 Å². The first-order chi connectivity index (χ1) is 12.8. The van der Waals surface area contributed by atoms with Crippen LogP contribution in [-0.4, -0.2) is 34.6 Å². The molecule has 2 N–H and O–H groups in total. The van der Waals surface area contributed by atoms with Crippen LogP contribution in [-0.2, 0) is 13.0 Å². The molecule has 1 aliphatic rings. The lowest BCUT2D eigenvalue weighted by atomic mass is 9.96. The summed E-state index contributed by atoms with van der Waals surface area (Å²) in [6.07, 6.45) is 11.3. The molecule has 0 radical (unpaired) electrons. The van der Waals surface area contributed by atoms with Crippen LogP contribution in [0.2, 0.25) is 0 Å². The summed E-state index contributed by atoms with van der Waals surface area (Å²) in [5, 5.41) is 6.98. The van der Waals surface area contributed by atoms with E-state index in [1.807, 2.05) is 6.20 Å². The molecule has 0 amide bonds. The number of nitrogens with one attached hydrogen (secondary N) is 2. The zero-order valence-corrected chi connectivity index (χ0v) is 18.6. The first-order valence-corrected chi connectivity index (χ1v) is 9.94. The van der Waals surface area contributed by atoms with Gasteiger partial charge in [-0.15, -0.1) is 24.0 Å². The van der Waals surface area contributed by atoms with Crippen LogP contribution < -0.4 is 10.6 Å². The molecule has 2 aromatic rings. The summed E-state index contributed by atoms with van der Waals surface area (Å²) in [5.41, 5.74) is 1.29. The molecule has 1 heterocycles. The molecule has 0 atom stereocenters. The summed E-state index contributed by atoms with van der Waals surface area (Å²) < 4.78 is 2.21. The maximum Gasteiger partial charge on any atom is 0.191 e. The highest BCUT2D eigenvalue weighted by molar-refractivity contribution is 14.0. The lowest BCUT2D eigenvalue weighted by molar-refractivity contribution is 0.410. The number of hydrogen-bond donors (Lipinski definition) is 2. The molecule has 27 heavy (non-hydrogen) atoms. The average Bonchev–Trinajstić information content (AvgIpc) is 3.10. The van der Waals surface area contributed by atoms with Gasteiger partial charge in [-0.1, -0.05) is 49.6 Å². The number of hydrogen-bond acceptors (Lipinski definition) is 2. The fourth-order valence-electron chi connectivity index (χ4n) is 3.52. The lowest BCUT2D eigenvalue weighted by Gasteiger charge is -2.24. The van der Waals surface area contributed by atoms with E-state index in [1.54, 1.807) is 0 Å². The molecule has 3 rings (SSSR count). The first kappa shape index (κ1) is 21.7. The molecule has 5 nitrogen and oxygen atoms in total. The summed E-state index contributed by atoms with van der Waals surface area (Å²) >= 11 is 0. The van der Waals surface area contributed by atoms with Crippen LogP contribution >= 0.6 is 24.0 Å². The second-order valence-corrected chi connectivity index (χ2v) is 6.95. The zero-order valence-electron chi connectivity index (χ0n) is 16.2. The van der Waals surface area contributed by atoms with E-state index in [1.165, 1.54) is 37.7 Å². The standard InChI is InChI=1S/C21H31N5.HI/c1-2-22-21(25-19-11-7-4-8-12-19)24-14-13-20-23-15-16-26(20)17-18-9-5-3-6-10-18;/h3,5-6,9-10,15-16,19H,2,4,7-8,11-14,17H2,1H3,(H2,22,24,25);1H. The molecule has 1 aromatic carbocycles. The minimum absolute atomic E-state index is 0. The Morgan fingerprint density at radius 2 is 1.96 bits per heavy atom. The third kappa shape index (κ3) is 7.16. The quantitative estimate of drug-likeness (QED) is 0.358. The Labute approximate surface area is 180 Å². The largest absolute Gasteiger partial charge is 0.357 e. The summed E-state index contributed by atoms with van der Waals surface area (Å²) in [6, 6.07) is 11.1. The van der Waals surface area contributed by atoms with Gasteiger partial charge in [0.05, 0.1) is 0 Å². The van der Waals surface area contributed by atoms with Crippen molar-refractivity contribution in [3.8, 4) is 0 Å². The van der Waals surface area contributed by atoms with Crippen molar-refractivity contribution >= 4 is 29.9 Å². The van der Waals surface area contributed by atoms with Crippen LogP contribution in [0.3, 0.4) is 0 Å². The van der Waals surface area contributed by atoms with E-state index < -0.39 is 0 Å². The van der Waals surface area contributed by atoms with Gasteiger partial charge in [-0.3, -0.25) is 4.99 Å². The highest BCUT2D eigenvalue weighted by atomic mass is 127. The molecule has 0 saturated heterocycles. The molecule has 1 fully saturated rings. The van der Waals surface area contributed by atoms with Crippen LogP contribution in [0, 0.1) is 0 Å².